The van der Waals surface area contributed by atoms with Crippen LogP contribution in [0.1, 0.15) is 28.8 Å². The van der Waals surface area contributed by atoms with Crippen LogP contribution in [0.15, 0.2) is 42.7 Å². The number of piperidine rings is 1. The van der Waals surface area contributed by atoms with Crippen LogP contribution in [0.4, 0.5) is 5.69 Å². The molecule has 3 heterocycles. The summed E-state index contributed by atoms with van der Waals surface area (Å²) in [5.41, 5.74) is 2.87. The highest BCUT2D eigenvalue weighted by Gasteiger charge is 2.46. The molecule has 0 atom stereocenters. The second-order valence-corrected chi connectivity index (χ2v) is 7.31. The van der Waals surface area contributed by atoms with Gasteiger partial charge in [-0.2, -0.15) is 0 Å². The topological polar surface area (TPSA) is 36.4 Å². The van der Waals surface area contributed by atoms with Crippen molar-refractivity contribution in [3.05, 3.63) is 58.9 Å². The van der Waals surface area contributed by atoms with E-state index in [4.69, 9.17) is 11.6 Å². The number of benzene rings is 1. The fraction of sp³-hybridized carbons (Fsp3) is 0.368. The Balaban J connectivity index is 1.75. The lowest BCUT2D eigenvalue weighted by molar-refractivity contribution is 0.0978. The quantitative estimate of drug-likeness (QED) is 0.798. The van der Waals surface area contributed by atoms with Gasteiger partial charge in [-0.1, -0.05) is 11.6 Å². The number of anilines is 1. The molecule has 0 N–H and O–H groups in total. The van der Waals surface area contributed by atoms with E-state index >= 15 is 0 Å². The molecule has 4 rings (SSSR count). The standard InChI is InChI=1S/C19H20ClN3O/c1-22-9-6-19(7-10-22)13-23(17-5-4-15(20)11-16(17)19)18(24)14-3-2-8-21-12-14/h2-5,8,11-12H,6-7,9-10,13H2,1H3. The third kappa shape index (κ3) is 2.50. The van der Waals surface area contributed by atoms with Crippen LogP contribution in [0.5, 0.6) is 0 Å². The minimum atomic E-state index is 0.0162. The fourth-order valence-electron chi connectivity index (χ4n) is 3.94. The average Bonchev–Trinajstić information content (AvgIpc) is 2.92. The third-order valence-corrected chi connectivity index (χ3v) is 5.61. The van der Waals surface area contributed by atoms with E-state index in [-0.39, 0.29) is 11.3 Å². The lowest BCUT2D eigenvalue weighted by Crippen LogP contribution is -2.44. The molecule has 0 aliphatic carbocycles. The zero-order valence-electron chi connectivity index (χ0n) is 13.7. The van der Waals surface area contributed by atoms with Crippen LogP contribution in [0.2, 0.25) is 5.02 Å². The number of pyridine rings is 1. The van der Waals surface area contributed by atoms with Crippen molar-refractivity contribution < 1.29 is 4.79 Å². The van der Waals surface area contributed by atoms with Crippen LogP contribution in [0, 0.1) is 0 Å². The van der Waals surface area contributed by atoms with Crippen LogP contribution in [0.3, 0.4) is 0 Å². The predicted molar refractivity (Wildman–Crippen MR) is 95.8 cm³/mol. The van der Waals surface area contributed by atoms with Gasteiger partial charge in [0.2, 0.25) is 0 Å². The Morgan fingerprint density at radius 2 is 2.04 bits per heavy atom. The fourth-order valence-corrected chi connectivity index (χ4v) is 4.11. The summed E-state index contributed by atoms with van der Waals surface area (Å²) in [5.74, 6) is 0.0162. The molecule has 1 fully saturated rings. The van der Waals surface area contributed by atoms with E-state index in [0.717, 1.165) is 43.2 Å². The summed E-state index contributed by atoms with van der Waals surface area (Å²) in [4.78, 5) is 21.4. The van der Waals surface area contributed by atoms with E-state index in [1.54, 1.807) is 18.5 Å². The number of rotatable bonds is 1. The summed E-state index contributed by atoms with van der Waals surface area (Å²) in [7, 11) is 2.15. The van der Waals surface area contributed by atoms with Gasteiger partial charge in [0, 0.05) is 35.1 Å². The summed E-state index contributed by atoms with van der Waals surface area (Å²) in [5, 5.41) is 0.739. The van der Waals surface area contributed by atoms with Gasteiger partial charge in [-0.25, -0.2) is 0 Å². The van der Waals surface area contributed by atoms with Gasteiger partial charge in [-0.3, -0.25) is 9.78 Å². The molecule has 1 aromatic carbocycles. The van der Waals surface area contributed by atoms with Crippen molar-refractivity contribution in [1.82, 2.24) is 9.88 Å². The summed E-state index contributed by atoms with van der Waals surface area (Å²) in [6, 6.07) is 9.54. The Hall–Kier alpha value is -1.91. The zero-order valence-corrected chi connectivity index (χ0v) is 14.5. The first-order chi connectivity index (χ1) is 11.6. The number of hydrogen-bond donors (Lipinski definition) is 0. The average molecular weight is 342 g/mol. The largest absolute Gasteiger partial charge is 0.307 e. The first kappa shape index (κ1) is 15.6. The molecule has 5 heteroatoms. The van der Waals surface area contributed by atoms with Crippen molar-refractivity contribution in [3.63, 3.8) is 0 Å². The van der Waals surface area contributed by atoms with Crippen molar-refractivity contribution >= 4 is 23.2 Å². The van der Waals surface area contributed by atoms with Crippen LogP contribution in [-0.2, 0) is 5.41 Å². The van der Waals surface area contributed by atoms with Crippen LogP contribution in [0.25, 0.3) is 0 Å². The first-order valence-corrected chi connectivity index (χ1v) is 8.67. The van der Waals surface area contributed by atoms with Crippen LogP contribution < -0.4 is 4.90 Å². The molecule has 1 amide bonds. The Morgan fingerprint density at radius 1 is 1.25 bits per heavy atom. The Morgan fingerprint density at radius 3 is 2.75 bits per heavy atom. The molecule has 2 aliphatic heterocycles. The lowest BCUT2D eigenvalue weighted by Gasteiger charge is -2.38. The Labute approximate surface area is 147 Å². The minimum absolute atomic E-state index is 0.0162. The van der Waals surface area contributed by atoms with E-state index in [1.807, 2.05) is 23.1 Å². The molecule has 124 valence electrons. The lowest BCUT2D eigenvalue weighted by atomic mass is 9.74. The summed E-state index contributed by atoms with van der Waals surface area (Å²) >= 11 is 6.27. The van der Waals surface area contributed by atoms with Gasteiger partial charge in [-0.15, -0.1) is 0 Å². The highest BCUT2D eigenvalue weighted by Crippen LogP contribution is 2.48. The van der Waals surface area contributed by atoms with E-state index in [2.05, 4.69) is 23.0 Å². The van der Waals surface area contributed by atoms with Crippen molar-refractivity contribution in [2.24, 2.45) is 0 Å². The molecule has 1 saturated heterocycles. The van der Waals surface area contributed by atoms with Gasteiger partial charge in [-0.05, 0) is 68.9 Å². The number of carbonyl (C=O) groups excluding carboxylic acids is 1. The predicted octanol–water partition coefficient (Wildman–Crippen LogP) is 3.36. The van der Waals surface area contributed by atoms with Crippen molar-refractivity contribution in [3.8, 4) is 0 Å². The number of hydrogen-bond acceptors (Lipinski definition) is 3. The van der Waals surface area contributed by atoms with Gasteiger partial charge in [0.05, 0.1) is 5.56 Å². The number of fused-ring (bicyclic) bond motifs is 2. The highest BCUT2D eigenvalue weighted by molar-refractivity contribution is 6.30. The van der Waals surface area contributed by atoms with Gasteiger partial charge in [0.15, 0.2) is 0 Å². The zero-order chi connectivity index (χ0) is 16.7. The smallest absolute Gasteiger partial charge is 0.259 e. The molecular weight excluding hydrogens is 322 g/mol. The molecule has 0 bridgehead atoms. The van der Waals surface area contributed by atoms with Gasteiger partial charge in [0.1, 0.15) is 0 Å². The third-order valence-electron chi connectivity index (χ3n) is 5.38. The van der Waals surface area contributed by atoms with Gasteiger partial charge < -0.3 is 9.80 Å². The number of amides is 1. The molecule has 0 unspecified atom stereocenters. The number of carbonyl (C=O) groups is 1. The monoisotopic (exact) mass is 341 g/mol. The highest BCUT2D eigenvalue weighted by atomic mass is 35.5. The summed E-state index contributed by atoms with van der Waals surface area (Å²) < 4.78 is 0. The molecule has 1 spiro atoms. The van der Waals surface area contributed by atoms with Crippen LogP contribution in [-0.4, -0.2) is 42.5 Å². The number of halogens is 1. The SMILES string of the molecule is CN1CCC2(CC1)CN(C(=O)c1cccnc1)c1ccc(Cl)cc12. The van der Waals surface area contributed by atoms with Gasteiger partial charge >= 0.3 is 0 Å². The van der Waals surface area contributed by atoms with E-state index < -0.39 is 0 Å². The molecule has 4 nitrogen and oxygen atoms in total. The first-order valence-electron chi connectivity index (χ1n) is 8.30. The second kappa shape index (κ2) is 5.87. The number of nitrogens with zero attached hydrogens (tertiary/aromatic N) is 3. The van der Waals surface area contributed by atoms with E-state index in [1.165, 1.54) is 5.56 Å². The Bertz CT molecular complexity index is 769. The molecular formula is C19H20ClN3O. The minimum Gasteiger partial charge on any atom is -0.307 e. The van der Waals surface area contributed by atoms with Crippen molar-refractivity contribution in [2.45, 2.75) is 18.3 Å². The summed E-state index contributed by atoms with van der Waals surface area (Å²) in [6.07, 6.45) is 5.42. The molecule has 2 aromatic rings. The normalized spacial score (nSPS) is 19.5. The molecule has 2 aliphatic rings. The second-order valence-electron chi connectivity index (χ2n) is 6.88. The Kier molecular flexibility index (Phi) is 3.82. The number of aromatic nitrogens is 1. The van der Waals surface area contributed by atoms with Crippen LogP contribution >= 0.6 is 11.6 Å². The molecule has 1 aromatic heterocycles. The maximum absolute atomic E-state index is 13.0. The molecule has 0 radical (unpaired) electrons. The maximum atomic E-state index is 13.0. The van der Waals surface area contributed by atoms with Gasteiger partial charge in [0.25, 0.3) is 5.91 Å². The summed E-state index contributed by atoms with van der Waals surface area (Å²) in [6.45, 7) is 2.81. The van der Waals surface area contributed by atoms with E-state index in [9.17, 15) is 4.79 Å². The van der Waals surface area contributed by atoms with E-state index in [0.29, 0.717) is 5.56 Å². The molecule has 0 saturated carbocycles. The molecule has 24 heavy (non-hydrogen) atoms. The maximum Gasteiger partial charge on any atom is 0.259 e. The van der Waals surface area contributed by atoms with Crippen molar-refractivity contribution in [2.75, 3.05) is 31.6 Å². The van der Waals surface area contributed by atoms with Crippen molar-refractivity contribution in [1.29, 1.82) is 0 Å². The number of likely N-dealkylation sites (tertiary alicyclic amines) is 1.